The van der Waals surface area contributed by atoms with Crippen LogP contribution in [0.25, 0.3) is 0 Å². The number of nitrogens with one attached hydrogen (secondary N) is 1. The van der Waals surface area contributed by atoms with Gasteiger partial charge in [-0.15, -0.1) is 0 Å². The minimum atomic E-state index is -0.744. The van der Waals surface area contributed by atoms with Gasteiger partial charge in [-0.25, -0.2) is 4.79 Å². The van der Waals surface area contributed by atoms with E-state index in [4.69, 9.17) is 14.2 Å². The number of ether oxygens (including phenoxy) is 3. The molecule has 1 N–H and O–H groups in total. The third kappa shape index (κ3) is 4.72. The summed E-state index contributed by atoms with van der Waals surface area (Å²) in [5.41, 5.74) is -0.744. The highest BCUT2D eigenvalue weighted by Gasteiger charge is 2.40. The van der Waals surface area contributed by atoms with Crippen molar-refractivity contribution in [3.8, 4) is 0 Å². The number of hydrogen-bond donors (Lipinski definition) is 1. The number of hydrogen-bond acceptors (Lipinski definition) is 5. The Balaban J connectivity index is 1.78. The van der Waals surface area contributed by atoms with E-state index >= 15 is 0 Å². The Hall–Kier alpha value is -0.650. The maximum absolute atomic E-state index is 12.1. The molecule has 2 unspecified atom stereocenters. The van der Waals surface area contributed by atoms with E-state index in [0.717, 1.165) is 32.3 Å². The standard InChI is InChI=1S/C15H27NO4/c1-3-19-14(17)15(2,16-12-7-8-12)11-18-10-13-6-4-5-9-20-13/h12-13,16H,3-11H2,1-2H3. The van der Waals surface area contributed by atoms with E-state index in [1.807, 2.05) is 13.8 Å². The van der Waals surface area contributed by atoms with Crippen LogP contribution in [-0.2, 0) is 19.0 Å². The molecule has 2 rings (SSSR count). The summed E-state index contributed by atoms with van der Waals surface area (Å²) in [6.07, 6.45) is 5.81. The first kappa shape index (κ1) is 15.7. The van der Waals surface area contributed by atoms with Gasteiger partial charge in [0.2, 0.25) is 0 Å². The minimum Gasteiger partial charge on any atom is -0.465 e. The molecule has 0 aromatic rings. The van der Waals surface area contributed by atoms with Gasteiger partial charge < -0.3 is 14.2 Å². The molecule has 0 amide bonds. The van der Waals surface area contributed by atoms with Crippen LogP contribution in [-0.4, -0.2) is 50.1 Å². The summed E-state index contributed by atoms with van der Waals surface area (Å²) >= 11 is 0. The lowest BCUT2D eigenvalue weighted by atomic mass is 10.0. The minimum absolute atomic E-state index is 0.177. The SMILES string of the molecule is CCOC(=O)C(C)(COCC1CCCCO1)NC1CC1. The lowest BCUT2D eigenvalue weighted by Crippen LogP contribution is -2.55. The zero-order chi connectivity index (χ0) is 14.4. The predicted molar refractivity (Wildman–Crippen MR) is 75.6 cm³/mol. The van der Waals surface area contributed by atoms with Gasteiger partial charge in [-0.3, -0.25) is 5.32 Å². The Morgan fingerprint density at radius 3 is 2.75 bits per heavy atom. The summed E-state index contributed by atoms with van der Waals surface area (Å²) in [7, 11) is 0. The maximum Gasteiger partial charge on any atom is 0.328 e. The molecule has 1 heterocycles. The van der Waals surface area contributed by atoms with E-state index in [2.05, 4.69) is 5.32 Å². The lowest BCUT2D eigenvalue weighted by Gasteiger charge is -2.30. The molecule has 1 saturated carbocycles. The molecule has 2 atom stereocenters. The van der Waals surface area contributed by atoms with Gasteiger partial charge in [0.25, 0.3) is 0 Å². The van der Waals surface area contributed by atoms with Gasteiger partial charge in [0, 0.05) is 12.6 Å². The fourth-order valence-electron chi connectivity index (χ4n) is 2.46. The van der Waals surface area contributed by atoms with Gasteiger partial charge in [0.15, 0.2) is 0 Å². The monoisotopic (exact) mass is 285 g/mol. The van der Waals surface area contributed by atoms with Crippen LogP contribution < -0.4 is 5.32 Å². The molecule has 116 valence electrons. The van der Waals surface area contributed by atoms with Crippen molar-refractivity contribution in [2.24, 2.45) is 0 Å². The molecule has 0 bridgehead atoms. The zero-order valence-electron chi connectivity index (χ0n) is 12.7. The molecule has 2 aliphatic rings. The van der Waals surface area contributed by atoms with Crippen molar-refractivity contribution in [3.63, 3.8) is 0 Å². The molecule has 20 heavy (non-hydrogen) atoms. The Bertz CT molecular complexity index is 313. The van der Waals surface area contributed by atoms with E-state index in [-0.39, 0.29) is 12.1 Å². The second-order valence-corrected chi connectivity index (χ2v) is 5.97. The normalized spacial score (nSPS) is 26.0. The second kappa shape index (κ2) is 7.38. The zero-order valence-corrected chi connectivity index (χ0v) is 12.7. The van der Waals surface area contributed by atoms with Crippen LogP contribution in [0.2, 0.25) is 0 Å². The molecule has 1 aliphatic heterocycles. The summed E-state index contributed by atoms with van der Waals surface area (Å²) in [6, 6.07) is 0.430. The van der Waals surface area contributed by atoms with Crippen molar-refractivity contribution in [2.75, 3.05) is 26.4 Å². The molecule has 2 fully saturated rings. The molecule has 5 nitrogen and oxygen atoms in total. The van der Waals surface area contributed by atoms with Crippen LogP contribution in [0, 0.1) is 0 Å². The van der Waals surface area contributed by atoms with Crippen molar-refractivity contribution < 1.29 is 19.0 Å². The van der Waals surface area contributed by atoms with Crippen LogP contribution in [0.4, 0.5) is 0 Å². The first-order chi connectivity index (χ1) is 9.64. The molecule has 0 aromatic carbocycles. The summed E-state index contributed by atoms with van der Waals surface area (Å²) in [5.74, 6) is -0.225. The molecule has 0 radical (unpaired) electrons. The molecule has 1 saturated heterocycles. The van der Waals surface area contributed by atoms with E-state index in [9.17, 15) is 4.79 Å². The number of rotatable bonds is 8. The largest absolute Gasteiger partial charge is 0.465 e. The first-order valence-electron chi connectivity index (χ1n) is 7.78. The summed E-state index contributed by atoms with van der Waals surface area (Å²) in [5, 5.41) is 3.35. The number of carbonyl (C=O) groups excluding carboxylic acids is 1. The molecule has 5 heteroatoms. The smallest absolute Gasteiger partial charge is 0.328 e. The van der Waals surface area contributed by atoms with E-state index in [1.54, 1.807) is 0 Å². The van der Waals surface area contributed by atoms with Gasteiger partial charge in [-0.05, 0) is 46.0 Å². The molecular weight excluding hydrogens is 258 g/mol. The topological polar surface area (TPSA) is 56.8 Å². The van der Waals surface area contributed by atoms with Gasteiger partial charge >= 0.3 is 5.97 Å². The average molecular weight is 285 g/mol. The first-order valence-corrected chi connectivity index (χ1v) is 7.78. The van der Waals surface area contributed by atoms with Crippen LogP contribution >= 0.6 is 0 Å². The van der Waals surface area contributed by atoms with Gasteiger partial charge in [-0.1, -0.05) is 0 Å². The number of carbonyl (C=O) groups is 1. The molecular formula is C15H27NO4. The van der Waals surface area contributed by atoms with Crippen molar-refractivity contribution in [2.45, 2.75) is 63.6 Å². The highest BCUT2D eigenvalue weighted by atomic mass is 16.5. The van der Waals surface area contributed by atoms with Crippen molar-refractivity contribution in [3.05, 3.63) is 0 Å². The lowest BCUT2D eigenvalue weighted by molar-refractivity contribution is -0.154. The Labute approximate surface area is 121 Å². The van der Waals surface area contributed by atoms with E-state index in [1.165, 1.54) is 6.42 Å². The van der Waals surface area contributed by atoms with Gasteiger partial charge in [0.1, 0.15) is 5.54 Å². The Kier molecular flexibility index (Phi) is 5.81. The third-order valence-electron chi connectivity index (χ3n) is 3.79. The third-order valence-corrected chi connectivity index (χ3v) is 3.79. The average Bonchev–Trinajstić information content (AvgIpc) is 3.24. The van der Waals surface area contributed by atoms with Crippen molar-refractivity contribution in [1.82, 2.24) is 5.32 Å². The maximum atomic E-state index is 12.1. The molecule has 0 spiro atoms. The fourth-order valence-corrected chi connectivity index (χ4v) is 2.46. The summed E-state index contributed by atoms with van der Waals surface area (Å²) in [6.45, 7) is 5.80. The van der Waals surface area contributed by atoms with Crippen LogP contribution in [0.1, 0.15) is 46.0 Å². The molecule has 0 aromatic heterocycles. The van der Waals surface area contributed by atoms with Crippen molar-refractivity contribution >= 4 is 5.97 Å². The van der Waals surface area contributed by atoms with Crippen LogP contribution in [0.3, 0.4) is 0 Å². The van der Waals surface area contributed by atoms with Crippen LogP contribution in [0.15, 0.2) is 0 Å². The predicted octanol–water partition coefficient (Wildman–Crippen LogP) is 1.65. The fraction of sp³-hybridized carbons (Fsp3) is 0.933. The van der Waals surface area contributed by atoms with E-state index < -0.39 is 5.54 Å². The van der Waals surface area contributed by atoms with Gasteiger partial charge in [-0.2, -0.15) is 0 Å². The second-order valence-electron chi connectivity index (χ2n) is 5.97. The number of esters is 1. The Morgan fingerprint density at radius 1 is 1.35 bits per heavy atom. The van der Waals surface area contributed by atoms with Crippen LogP contribution in [0.5, 0.6) is 0 Å². The highest BCUT2D eigenvalue weighted by Crippen LogP contribution is 2.23. The van der Waals surface area contributed by atoms with Gasteiger partial charge in [0.05, 0.1) is 25.9 Å². The summed E-state index contributed by atoms with van der Waals surface area (Å²) < 4.78 is 16.5. The van der Waals surface area contributed by atoms with Crippen molar-refractivity contribution in [1.29, 1.82) is 0 Å². The quantitative estimate of drug-likeness (QED) is 0.687. The van der Waals surface area contributed by atoms with E-state index in [0.29, 0.717) is 25.9 Å². The summed E-state index contributed by atoms with van der Waals surface area (Å²) in [4.78, 5) is 12.1. The highest BCUT2D eigenvalue weighted by molar-refractivity contribution is 5.80. The molecule has 1 aliphatic carbocycles. The Morgan fingerprint density at radius 2 is 2.15 bits per heavy atom.